The van der Waals surface area contributed by atoms with Crippen LogP contribution in [0.5, 0.6) is 5.75 Å². The first-order chi connectivity index (χ1) is 9.22. The van der Waals surface area contributed by atoms with Crippen LogP contribution in [0.1, 0.15) is 11.4 Å². The Morgan fingerprint density at radius 3 is 2.95 bits per heavy atom. The fourth-order valence-corrected chi connectivity index (χ4v) is 2.19. The molecule has 0 unspecified atom stereocenters. The van der Waals surface area contributed by atoms with E-state index in [1.54, 1.807) is 7.11 Å². The van der Waals surface area contributed by atoms with E-state index in [1.165, 1.54) is 0 Å². The molecule has 5 heteroatoms. The summed E-state index contributed by atoms with van der Waals surface area (Å²) in [6, 6.07) is 5.68. The topological polar surface area (TPSA) is 39.1 Å². The van der Waals surface area contributed by atoms with Crippen LogP contribution in [0.15, 0.2) is 30.6 Å². The summed E-state index contributed by atoms with van der Waals surface area (Å²) in [5, 5.41) is 4.09. The Hall–Kier alpha value is -1.52. The van der Waals surface area contributed by atoms with E-state index >= 15 is 0 Å². The van der Waals surface area contributed by atoms with Crippen molar-refractivity contribution in [1.82, 2.24) is 14.9 Å². The van der Waals surface area contributed by atoms with Crippen LogP contribution in [-0.2, 0) is 20.0 Å². The van der Waals surface area contributed by atoms with Crippen molar-refractivity contribution in [3.8, 4) is 5.75 Å². The molecule has 0 aliphatic rings. The van der Waals surface area contributed by atoms with Gasteiger partial charge in [-0.15, -0.1) is 0 Å². The van der Waals surface area contributed by atoms with Crippen molar-refractivity contribution in [3.05, 3.63) is 47.0 Å². The molecule has 0 atom stereocenters. The summed E-state index contributed by atoms with van der Waals surface area (Å²) in [4.78, 5) is 4.28. The van der Waals surface area contributed by atoms with Gasteiger partial charge >= 0.3 is 0 Å². The number of rotatable bonds is 6. The maximum absolute atomic E-state index is 6.18. The van der Waals surface area contributed by atoms with Gasteiger partial charge in [0.1, 0.15) is 11.6 Å². The molecule has 0 amide bonds. The van der Waals surface area contributed by atoms with Crippen molar-refractivity contribution in [2.45, 2.75) is 13.0 Å². The van der Waals surface area contributed by atoms with Gasteiger partial charge in [0.2, 0.25) is 0 Å². The van der Waals surface area contributed by atoms with Crippen LogP contribution in [-0.4, -0.2) is 23.2 Å². The molecule has 0 saturated carbocycles. The molecule has 1 aromatic heterocycles. The highest BCUT2D eigenvalue weighted by Gasteiger charge is 2.07. The van der Waals surface area contributed by atoms with Gasteiger partial charge in [-0.3, -0.25) is 0 Å². The van der Waals surface area contributed by atoms with Gasteiger partial charge < -0.3 is 14.6 Å². The SMILES string of the molecule is COc1cccc(Cl)c1CNCCc1nccn1C. The molecule has 19 heavy (non-hydrogen) atoms. The molecule has 1 N–H and O–H groups in total. The van der Waals surface area contributed by atoms with Gasteiger partial charge in [-0.1, -0.05) is 17.7 Å². The highest BCUT2D eigenvalue weighted by molar-refractivity contribution is 6.31. The van der Waals surface area contributed by atoms with Gasteiger partial charge in [0.15, 0.2) is 0 Å². The number of imidazole rings is 1. The lowest BCUT2D eigenvalue weighted by atomic mass is 10.2. The van der Waals surface area contributed by atoms with Crippen LogP contribution in [0.4, 0.5) is 0 Å². The molecular weight excluding hydrogens is 262 g/mol. The first kappa shape index (κ1) is 13.9. The molecule has 0 saturated heterocycles. The second kappa shape index (κ2) is 6.59. The van der Waals surface area contributed by atoms with E-state index in [0.717, 1.165) is 35.1 Å². The molecule has 0 spiro atoms. The van der Waals surface area contributed by atoms with E-state index in [9.17, 15) is 0 Å². The summed E-state index contributed by atoms with van der Waals surface area (Å²) < 4.78 is 7.33. The normalized spacial score (nSPS) is 10.7. The Bertz CT molecular complexity index is 539. The Morgan fingerprint density at radius 1 is 1.42 bits per heavy atom. The fourth-order valence-electron chi connectivity index (χ4n) is 1.95. The number of methoxy groups -OCH3 is 1. The summed E-state index contributed by atoms with van der Waals surface area (Å²) in [5.74, 6) is 1.88. The number of ether oxygens (including phenoxy) is 1. The predicted molar refractivity (Wildman–Crippen MR) is 76.6 cm³/mol. The summed E-state index contributed by atoms with van der Waals surface area (Å²) in [7, 11) is 3.66. The second-order valence-electron chi connectivity index (χ2n) is 4.30. The number of halogens is 1. The molecule has 0 aliphatic heterocycles. The molecule has 1 aromatic carbocycles. The minimum atomic E-state index is 0.688. The minimum Gasteiger partial charge on any atom is -0.496 e. The molecule has 2 rings (SSSR count). The lowest BCUT2D eigenvalue weighted by molar-refractivity contribution is 0.408. The Balaban J connectivity index is 1.88. The third-order valence-electron chi connectivity index (χ3n) is 3.04. The van der Waals surface area contributed by atoms with Crippen LogP contribution in [0.25, 0.3) is 0 Å². The molecule has 102 valence electrons. The number of benzene rings is 1. The number of nitrogens with zero attached hydrogens (tertiary/aromatic N) is 2. The molecule has 1 heterocycles. The molecule has 0 radical (unpaired) electrons. The zero-order chi connectivity index (χ0) is 13.7. The third-order valence-corrected chi connectivity index (χ3v) is 3.40. The van der Waals surface area contributed by atoms with Crippen molar-refractivity contribution in [3.63, 3.8) is 0 Å². The Morgan fingerprint density at radius 2 is 2.26 bits per heavy atom. The van der Waals surface area contributed by atoms with Crippen molar-refractivity contribution in [2.75, 3.05) is 13.7 Å². The predicted octanol–water partition coefficient (Wildman–Crippen LogP) is 2.41. The summed E-state index contributed by atoms with van der Waals surface area (Å²) in [6.07, 6.45) is 4.65. The van der Waals surface area contributed by atoms with Crippen LogP contribution in [0, 0.1) is 0 Å². The number of hydrogen-bond donors (Lipinski definition) is 1. The largest absolute Gasteiger partial charge is 0.496 e. The maximum Gasteiger partial charge on any atom is 0.124 e. The standard InChI is InChI=1S/C14H18ClN3O/c1-18-9-8-17-14(18)6-7-16-10-11-12(15)4-3-5-13(11)19-2/h3-5,8-9,16H,6-7,10H2,1-2H3. The summed E-state index contributed by atoms with van der Waals surface area (Å²) in [6.45, 7) is 1.53. The Kier molecular flexibility index (Phi) is 4.82. The number of aromatic nitrogens is 2. The molecular formula is C14H18ClN3O. The molecule has 0 aliphatic carbocycles. The number of hydrogen-bond acceptors (Lipinski definition) is 3. The lowest BCUT2D eigenvalue weighted by Gasteiger charge is -2.11. The van der Waals surface area contributed by atoms with Crippen molar-refractivity contribution < 1.29 is 4.74 Å². The average molecular weight is 280 g/mol. The van der Waals surface area contributed by atoms with Gasteiger partial charge in [0.05, 0.1) is 7.11 Å². The molecule has 0 bridgehead atoms. The van der Waals surface area contributed by atoms with Crippen molar-refractivity contribution in [2.24, 2.45) is 7.05 Å². The van der Waals surface area contributed by atoms with Crippen molar-refractivity contribution >= 4 is 11.6 Å². The van der Waals surface area contributed by atoms with Crippen LogP contribution in [0.3, 0.4) is 0 Å². The number of aryl methyl sites for hydroxylation is 1. The second-order valence-corrected chi connectivity index (χ2v) is 4.71. The van der Waals surface area contributed by atoms with Crippen molar-refractivity contribution in [1.29, 1.82) is 0 Å². The van der Waals surface area contributed by atoms with E-state index in [1.807, 2.05) is 42.2 Å². The van der Waals surface area contributed by atoms with E-state index in [4.69, 9.17) is 16.3 Å². The number of nitrogens with one attached hydrogen (secondary N) is 1. The van der Waals surface area contributed by atoms with Gasteiger partial charge in [-0.25, -0.2) is 4.98 Å². The highest BCUT2D eigenvalue weighted by Crippen LogP contribution is 2.25. The maximum atomic E-state index is 6.18. The highest BCUT2D eigenvalue weighted by atomic mass is 35.5. The summed E-state index contributed by atoms with van der Waals surface area (Å²) in [5.41, 5.74) is 0.992. The van der Waals surface area contributed by atoms with Gasteiger partial charge in [-0.2, -0.15) is 0 Å². The van der Waals surface area contributed by atoms with Gasteiger partial charge in [0.25, 0.3) is 0 Å². The first-order valence-electron chi connectivity index (χ1n) is 6.20. The molecule has 0 fully saturated rings. The summed E-state index contributed by atoms with van der Waals surface area (Å²) >= 11 is 6.18. The fraction of sp³-hybridized carbons (Fsp3) is 0.357. The quantitative estimate of drug-likeness (QED) is 0.826. The molecule has 2 aromatic rings. The van der Waals surface area contributed by atoms with E-state index < -0.39 is 0 Å². The smallest absolute Gasteiger partial charge is 0.124 e. The van der Waals surface area contributed by atoms with E-state index in [2.05, 4.69) is 10.3 Å². The van der Waals surface area contributed by atoms with E-state index in [-0.39, 0.29) is 0 Å². The van der Waals surface area contributed by atoms with E-state index in [0.29, 0.717) is 6.54 Å². The lowest BCUT2D eigenvalue weighted by Crippen LogP contribution is -2.18. The van der Waals surface area contributed by atoms with Crippen LogP contribution < -0.4 is 10.1 Å². The van der Waals surface area contributed by atoms with Gasteiger partial charge in [0, 0.05) is 49.5 Å². The third kappa shape index (κ3) is 3.49. The van der Waals surface area contributed by atoms with Crippen LogP contribution >= 0.6 is 11.6 Å². The van der Waals surface area contributed by atoms with Crippen LogP contribution in [0.2, 0.25) is 5.02 Å². The zero-order valence-corrected chi connectivity index (χ0v) is 11.9. The zero-order valence-electron chi connectivity index (χ0n) is 11.2. The monoisotopic (exact) mass is 279 g/mol. The average Bonchev–Trinajstić information content (AvgIpc) is 2.81. The molecule has 4 nitrogen and oxygen atoms in total. The Labute approximate surface area is 118 Å². The first-order valence-corrected chi connectivity index (χ1v) is 6.58. The van der Waals surface area contributed by atoms with Gasteiger partial charge in [-0.05, 0) is 12.1 Å². The minimum absolute atomic E-state index is 0.688.